The Morgan fingerprint density at radius 3 is 3.00 bits per heavy atom. The second-order valence-corrected chi connectivity index (χ2v) is 3.62. The molecule has 0 spiro atoms. The van der Waals surface area contributed by atoms with Gasteiger partial charge in [-0.25, -0.2) is 4.79 Å². The lowest BCUT2D eigenvalue weighted by Crippen LogP contribution is -2.47. The van der Waals surface area contributed by atoms with Gasteiger partial charge in [0.2, 0.25) is 0 Å². The molecule has 0 radical (unpaired) electrons. The first-order valence-corrected chi connectivity index (χ1v) is 5.27. The van der Waals surface area contributed by atoms with E-state index in [2.05, 4.69) is 10.5 Å². The average molecular weight is 230 g/mol. The van der Waals surface area contributed by atoms with E-state index in [0.29, 0.717) is 19.8 Å². The molecule has 1 aliphatic heterocycles. The van der Waals surface area contributed by atoms with Gasteiger partial charge in [0.1, 0.15) is 0 Å². The summed E-state index contributed by atoms with van der Waals surface area (Å²) < 4.78 is 5.15. The predicted octanol–water partition coefficient (Wildman–Crippen LogP) is -0.447. The molecule has 0 bridgehead atoms. The van der Waals surface area contributed by atoms with Crippen molar-refractivity contribution in [1.29, 1.82) is 0 Å². The van der Waals surface area contributed by atoms with E-state index in [1.54, 1.807) is 0 Å². The lowest BCUT2D eigenvalue weighted by Gasteiger charge is -2.22. The number of carbonyl (C=O) groups excluding carboxylic acids is 1. The van der Waals surface area contributed by atoms with Crippen LogP contribution < -0.4 is 11.1 Å². The van der Waals surface area contributed by atoms with Crippen LogP contribution in [-0.4, -0.2) is 54.3 Å². The molecule has 0 aromatic carbocycles. The molecule has 0 aromatic heterocycles. The fraction of sp³-hybridized carbons (Fsp3) is 0.778. The number of urea groups is 1. The Hall–Kier alpha value is -1.50. The maximum atomic E-state index is 11.7. The lowest BCUT2D eigenvalue weighted by molar-refractivity contribution is 0.181. The van der Waals surface area contributed by atoms with E-state index in [4.69, 9.17) is 15.7 Å². The van der Waals surface area contributed by atoms with Crippen molar-refractivity contribution in [3.05, 3.63) is 0 Å². The summed E-state index contributed by atoms with van der Waals surface area (Å²) in [6.45, 7) is 3.67. The smallest absolute Gasteiger partial charge is 0.318 e. The van der Waals surface area contributed by atoms with E-state index in [1.165, 1.54) is 4.90 Å². The number of oxime groups is 1. The molecule has 7 heteroatoms. The summed E-state index contributed by atoms with van der Waals surface area (Å²) in [4.78, 5) is 13.2. The number of ether oxygens (including phenoxy) is 1. The van der Waals surface area contributed by atoms with E-state index in [9.17, 15) is 4.79 Å². The first kappa shape index (κ1) is 12.6. The van der Waals surface area contributed by atoms with Crippen molar-refractivity contribution in [1.82, 2.24) is 10.2 Å². The van der Waals surface area contributed by atoms with Crippen LogP contribution in [-0.2, 0) is 4.74 Å². The van der Waals surface area contributed by atoms with Gasteiger partial charge in [0.25, 0.3) is 0 Å². The molecule has 0 saturated carbocycles. The van der Waals surface area contributed by atoms with Crippen LogP contribution in [0.25, 0.3) is 0 Å². The van der Waals surface area contributed by atoms with E-state index >= 15 is 0 Å². The van der Waals surface area contributed by atoms with Gasteiger partial charge in [0.15, 0.2) is 5.84 Å². The van der Waals surface area contributed by atoms with Crippen molar-refractivity contribution >= 4 is 11.9 Å². The highest BCUT2D eigenvalue weighted by Gasteiger charge is 2.21. The third-order valence-electron chi connectivity index (χ3n) is 2.41. The van der Waals surface area contributed by atoms with Crippen molar-refractivity contribution < 1.29 is 14.7 Å². The van der Waals surface area contributed by atoms with Crippen LogP contribution in [0.2, 0.25) is 0 Å². The summed E-state index contributed by atoms with van der Waals surface area (Å²) in [5.41, 5.74) is 5.35. The molecule has 1 rings (SSSR count). The van der Waals surface area contributed by atoms with Crippen LogP contribution in [0.4, 0.5) is 4.79 Å². The second-order valence-electron chi connectivity index (χ2n) is 3.62. The van der Waals surface area contributed by atoms with E-state index < -0.39 is 0 Å². The minimum Gasteiger partial charge on any atom is -0.409 e. The quantitative estimate of drug-likeness (QED) is 0.263. The Balaban J connectivity index is 2.42. The first-order chi connectivity index (χ1) is 7.67. The Kier molecular flexibility index (Phi) is 4.84. The molecule has 1 fully saturated rings. The van der Waals surface area contributed by atoms with Gasteiger partial charge in [0.05, 0.1) is 19.2 Å². The number of hydrogen-bond acceptors (Lipinski definition) is 4. The summed E-state index contributed by atoms with van der Waals surface area (Å²) in [6.07, 6.45) is 0.826. The second kappa shape index (κ2) is 6.16. The predicted molar refractivity (Wildman–Crippen MR) is 58.4 cm³/mol. The van der Waals surface area contributed by atoms with Gasteiger partial charge >= 0.3 is 6.03 Å². The zero-order valence-electron chi connectivity index (χ0n) is 9.35. The number of hydrogen-bond donors (Lipinski definition) is 3. The summed E-state index contributed by atoms with van der Waals surface area (Å²) >= 11 is 0. The molecule has 1 atom stereocenters. The molecule has 1 unspecified atom stereocenters. The molecule has 16 heavy (non-hydrogen) atoms. The summed E-state index contributed by atoms with van der Waals surface area (Å²) in [7, 11) is 0. The van der Waals surface area contributed by atoms with Crippen LogP contribution >= 0.6 is 0 Å². The molecule has 1 saturated heterocycles. The largest absolute Gasteiger partial charge is 0.409 e. The van der Waals surface area contributed by atoms with E-state index in [1.807, 2.05) is 6.92 Å². The number of amides is 2. The third-order valence-corrected chi connectivity index (χ3v) is 2.41. The zero-order chi connectivity index (χ0) is 12.0. The normalized spacial score (nSPS) is 20.8. The molecule has 4 N–H and O–H groups in total. The molecule has 2 amide bonds. The van der Waals surface area contributed by atoms with Gasteiger partial charge in [-0.2, -0.15) is 0 Å². The van der Waals surface area contributed by atoms with Gasteiger partial charge in [-0.1, -0.05) is 5.16 Å². The van der Waals surface area contributed by atoms with Crippen LogP contribution in [0.5, 0.6) is 0 Å². The van der Waals surface area contributed by atoms with Crippen LogP contribution in [0.1, 0.15) is 13.3 Å². The van der Waals surface area contributed by atoms with Crippen molar-refractivity contribution in [2.75, 3.05) is 26.3 Å². The Morgan fingerprint density at radius 2 is 2.50 bits per heavy atom. The topological polar surface area (TPSA) is 100 Å². The Morgan fingerprint density at radius 1 is 1.75 bits per heavy atom. The molecule has 0 aromatic rings. The maximum absolute atomic E-state index is 11.7. The Labute approximate surface area is 94.2 Å². The fourth-order valence-corrected chi connectivity index (χ4v) is 1.47. The molecular weight excluding hydrogens is 212 g/mol. The summed E-state index contributed by atoms with van der Waals surface area (Å²) in [6, 6.07) is -0.154. The minimum atomic E-state index is -0.218. The number of nitrogens with one attached hydrogen (secondary N) is 1. The Bertz CT molecular complexity index is 263. The van der Waals surface area contributed by atoms with Crippen LogP contribution in [0.3, 0.4) is 0 Å². The molecule has 0 aliphatic carbocycles. The third kappa shape index (κ3) is 3.58. The number of likely N-dealkylation sites (N-methyl/N-ethyl adjacent to an activating group) is 1. The van der Waals surface area contributed by atoms with E-state index in [-0.39, 0.29) is 24.5 Å². The highest BCUT2D eigenvalue weighted by molar-refractivity contribution is 5.86. The molecule has 1 heterocycles. The molecular formula is C9H18N4O3. The van der Waals surface area contributed by atoms with E-state index in [0.717, 1.165) is 6.42 Å². The fourth-order valence-electron chi connectivity index (χ4n) is 1.47. The number of nitrogens with zero attached hydrogens (tertiary/aromatic N) is 2. The standard InChI is InChI=1S/C9H18N4O3/c1-2-13(5-8(10)12-15)9(14)11-7-3-4-16-6-7/h7,15H,2-6H2,1H3,(H2,10,12)(H,11,14). The van der Waals surface area contributed by atoms with Crippen LogP contribution in [0.15, 0.2) is 5.16 Å². The first-order valence-electron chi connectivity index (χ1n) is 5.27. The SMILES string of the molecule is CCN(CC(N)=NO)C(=O)NC1CCOC1. The summed E-state index contributed by atoms with van der Waals surface area (Å²) in [5.74, 6) is 0.0136. The molecule has 1 aliphatic rings. The minimum absolute atomic E-state index is 0.0136. The van der Waals surface area contributed by atoms with Gasteiger partial charge in [-0.05, 0) is 13.3 Å². The van der Waals surface area contributed by atoms with Crippen molar-refractivity contribution in [3.8, 4) is 0 Å². The van der Waals surface area contributed by atoms with Gasteiger partial charge in [0, 0.05) is 13.2 Å². The van der Waals surface area contributed by atoms with Crippen molar-refractivity contribution in [3.63, 3.8) is 0 Å². The number of carbonyl (C=O) groups is 1. The highest BCUT2D eigenvalue weighted by Crippen LogP contribution is 2.04. The van der Waals surface area contributed by atoms with Crippen LogP contribution in [0, 0.1) is 0 Å². The van der Waals surface area contributed by atoms with Crippen molar-refractivity contribution in [2.24, 2.45) is 10.9 Å². The van der Waals surface area contributed by atoms with Gasteiger partial charge < -0.3 is 25.9 Å². The highest BCUT2D eigenvalue weighted by atomic mass is 16.5. The lowest BCUT2D eigenvalue weighted by atomic mass is 10.3. The maximum Gasteiger partial charge on any atom is 0.318 e. The zero-order valence-corrected chi connectivity index (χ0v) is 9.35. The number of rotatable bonds is 4. The molecule has 92 valence electrons. The van der Waals surface area contributed by atoms with Gasteiger partial charge in [-0.3, -0.25) is 0 Å². The molecule has 7 nitrogen and oxygen atoms in total. The number of nitrogens with two attached hydrogens (primary N) is 1. The average Bonchev–Trinajstić information content (AvgIpc) is 2.77. The van der Waals surface area contributed by atoms with Crippen molar-refractivity contribution in [2.45, 2.75) is 19.4 Å². The summed E-state index contributed by atoms with van der Waals surface area (Å²) in [5, 5.41) is 14.1. The monoisotopic (exact) mass is 230 g/mol. The number of amidine groups is 1. The van der Waals surface area contributed by atoms with Gasteiger partial charge in [-0.15, -0.1) is 0 Å².